The second-order valence-electron chi connectivity index (χ2n) is 4.59. The van der Waals surface area contributed by atoms with Gasteiger partial charge < -0.3 is 15.4 Å². The molecular weight excluding hydrogens is 339 g/mol. The number of carbonyl (C=O) groups is 2. The first-order valence-corrected chi connectivity index (χ1v) is 7.43. The van der Waals surface area contributed by atoms with Gasteiger partial charge in [-0.15, -0.1) is 0 Å². The Bertz CT molecular complexity index is 718. The van der Waals surface area contributed by atoms with Crippen molar-refractivity contribution in [3.05, 3.63) is 58.1 Å². The molecule has 0 aliphatic heterocycles. The third-order valence-corrected chi connectivity index (χ3v) is 3.84. The van der Waals surface area contributed by atoms with Crippen LogP contribution in [0.5, 0.6) is 5.75 Å². The molecule has 7 heteroatoms. The molecule has 0 saturated carbocycles. The van der Waals surface area contributed by atoms with Gasteiger partial charge in [0.05, 0.1) is 22.8 Å². The lowest BCUT2D eigenvalue weighted by Gasteiger charge is -2.09. The summed E-state index contributed by atoms with van der Waals surface area (Å²) in [6.45, 7) is 0.222. The fourth-order valence-corrected chi connectivity index (χ4v) is 2.13. The second-order valence-corrected chi connectivity index (χ2v) is 5.37. The van der Waals surface area contributed by atoms with E-state index in [1.165, 1.54) is 0 Å². The maximum Gasteiger partial charge on any atom is 0.313 e. The van der Waals surface area contributed by atoms with Gasteiger partial charge in [-0.05, 0) is 29.8 Å². The lowest BCUT2D eigenvalue weighted by molar-refractivity contribution is -0.136. The summed E-state index contributed by atoms with van der Waals surface area (Å²) in [6.07, 6.45) is 0. The van der Waals surface area contributed by atoms with Gasteiger partial charge >= 0.3 is 11.8 Å². The summed E-state index contributed by atoms with van der Waals surface area (Å²) >= 11 is 11.8. The highest BCUT2D eigenvalue weighted by molar-refractivity contribution is 6.45. The van der Waals surface area contributed by atoms with Crippen LogP contribution in [-0.4, -0.2) is 18.9 Å². The highest BCUT2D eigenvalue weighted by Gasteiger charge is 2.15. The average Bonchev–Trinajstić information content (AvgIpc) is 2.57. The van der Waals surface area contributed by atoms with Crippen LogP contribution in [0, 0.1) is 0 Å². The van der Waals surface area contributed by atoms with Crippen molar-refractivity contribution in [1.29, 1.82) is 0 Å². The Morgan fingerprint density at radius 2 is 1.74 bits per heavy atom. The Morgan fingerprint density at radius 1 is 1.04 bits per heavy atom. The van der Waals surface area contributed by atoms with E-state index in [4.69, 9.17) is 27.9 Å². The van der Waals surface area contributed by atoms with E-state index >= 15 is 0 Å². The van der Waals surface area contributed by atoms with Crippen LogP contribution in [-0.2, 0) is 16.1 Å². The van der Waals surface area contributed by atoms with E-state index in [1.807, 2.05) is 0 Å². The van der Waals surface area contributed by atoms with E-state index in [2.05, 4.69) is 10.6 Å². The van der Waals surface area contributed by atoms with Gasteiger partial charge in [-0.1, -0.05) is 41.4 Å². The van der Waals surface area contributed by atoms with Crippen molar-refractivity contribution in [2.45, 2.75) is 6.54 Å². The van der Waals surface area contributed by atoms with Gasteiger partial charge in [0.15, 0.2) is 0 Å². The van der Waals surface area contributed by atoms with E-state index in [1.54, 1.807) is 49.6 Å². The number of nitrogens with one attached hydrogen (secondary N) is 2. The highest BCUT2D eigenvalue weighted by atomic mass is 35.5. The van der Waals surface area contributed by atoms with E-state index in [9.17, 15) is 9.59 Å². The molecule has 2 rings (SSSR count). The molecule has 0 aliphatic rings. The molecule has 0 heterocycles. The maximum absolute atomic E-state index is 11.9. The van der Waals surface area contributed by atoms with Crippen molar-refractivity contribution in [3.63, 3.8) is 0 Å². The summed E-state index contributed by atoms with van der Waals surface area (Å²) in [5.74, 6) is -0.868. The third kappa shape index (κ3) is 4.61. The number of hydrogen-bond donors (Lipinski definition) is 2. The van der Waals surface area contributed by atoms with Crippen molar-refractivity contribution in [2.75, 3.05) is 12.4 Å². The largest absolute Gasteiger partial charge is 0.497 e. The first-order valence-electron chi connectivity index (χ1n) is 6.67. The number of benzene rings is 2. The lowest BCUT2D eigenvalue weighted by Crippen LogP contribution is -2.35. The molecule has 23 heavy (non-hydrogen) atoms. The molecule has 0 atom stereocenters. The SMILES string of the molecule is COc1ccc(CNC(=O)C(=O)Nc2cccc(Cl)c2Cl)cc1. The minimum atomic E-state index is -0.817. The van der Waals surface area contributed by atoms with Crippen LogP contribution in [0.15, 0.2) is 42.5 Å². The highest BCUT2D eigenvalue weighted by Crippen LogP contribution is 2.29. The van der Waals surface area contributed by atoms with Gasteiger partial charge in [-0.25, -0.2) is 0 Å². The Labute approximate surface area is 143 Å². The monoisotopic (exact) mass is 352 g/mol. The maximum atomic E-state index is 11.9. The molecular formula is C16H14Cl2N2O3. The van der Waals surface area contributed by atoms with Crippen LogP contribution in [0.4, 0.5) is 5.69 Å². The molecule has 2 amide bonds. The predicted octanol–water partition coefficient (Wildman–Crippen LogP) is 3.26. The second kappa shape index (κ2) is 7.85. The van der Waals surface area contributed by atoms with Gasteiger partial charge in [0.1, 0.15) is 5.75 Å². The quantitative estimate of drug-likeness (QED) is 0.830. The van der Waals surface area contributed by atoms with E-state index < -0.39 is 11.8 Å². The average molecular weight is 353 g/mol. The number of anilines is 1. The zero-order chi connectivity index (χ0) is 16.8. The number of rotatable bonds is 4. The fraction of sp³-hybridized carbons (Fsp3) is 0.125. The van der Waals surface area contributed by atoms with Crippen LogP contribution in [0.25, 0.3) is 0 Å². The number of carbonyl (C=O) groups excluding carboxylic acids is 2. The summed E-state index contributed by atoms with van der Waals surface area (Å²) < 4.78 is 5.05. The molecule has 0 aromatic heterocycles. The summed E-state index contributed by atoms with van der Waals surface area (Å²) in [5, 5.41) is 5.42. The third-order valence-electron chi connectivity index (χ3n) is 3.02. The topological polar surface area (TPSA) is 67.4 Å². The first-order chi connectivity index (χ1) is 11.0. The molecule has 2 N–H and O–H groups in total. The van der Waals surface area contributed by atoms with Crippen LogP contribution in [0.3, 0.4) is 0 Å². The summed E-state index contributed by atoms with van der Waals surface area (Å²) in [7, 11) is 1.57. The molecule has 0 spiro atoms. The molecule has 0 radical (unpaired) electrons. The molecule has 0 bridgehead atoms. The zero-order valence-electron chi connectivity index (χ0n) is 12.2. The predicted molar refractivity (Wildman–Crippen MR) is 89.9 cm³/mol. The molecule has 120 valence electrons. The van der Waals surface area contributed by atoms with Gasteiger partial charge in [0, 0.05) is 6.54 Å². The van der Waals surface area contributed by atoms with Gasteiger partial charge in [-0.2, -0.15) is 0 Å². The van der Waals surface area contributed by atoms with Gasteiger partial charge in [-0.3, -0.25) is 9.59 Å². The number of hydrogen-bond acceptors (Lipinski definition) is 3. The van der Waals surface area contributed by atoms with Crippen molar-refractivity contribution in [3.8, 4) is 5.75 Å². The van der Waals surface area contributed by atoms with Gasteiger partial charge in [0.2, 0.25) is 0 Å². The number of methoxy groups -OCH3 is 1. The standard InChI is InChI=1S/C16H14Cl2N2O3/c1-23-11-7-5-10(6-8-11)9-19-15(21)16(22)20-13-4-2-3-12(17)14(13)18/h2-8H,9H2,1H3,(H,19,21)(H,20,22). The van der Waals surface area contributed by atoms with Crippen molar-refractivity contribution in [2.24, 2.45) is 0 Å². The zero-order valence-corrected chi connectivity index (χ0v) is 13.7. The molecule has 0 fully saturated rings. The first kappa shape index (κ1) is 17.1. The van der Waals surface area contributed by atoms with Gasteiger partial charge in [0.25, 0.3) is 0 Å². The smallest absolute Gasteiger partial charge is 0.313 e. The number of amides is 2. The van der Waals surface area contributed by atoms with Crippen LogP contribution in [0.1, 0.15) is 5.56 Å². The Kier molecular flexibility index (Phi) is 5.84. The van der Waals surface area contributed by atoms with Crippen molar-refractivity contribution >= 4 is 40.7 Å². The molecule has 0 aliphatic carbocycles. The van der Waals surface area contributed by atoms with E-state index in [-0.39, 0.29) is 17.3 Å². The minimum absolute atomic E-state index is 0.186. The number of halogens is 2. The van der Waals surface area contributed by atoms with Crippen LogP contribution < -0.4 is 15.4 Å². The summed E-state index contributed by atoms with van der Waals surface area (Å²) in [6, 6.07) is 11.9. The van der Waals surface area contributed by atoms with E-state index in [0.717, 1.165) is 5.56 Å². The molecule has 0 unspecified atom stereocenters. The fourth-order valence-electron chi connectivity index (χ4n) is 1.79. The minimum Gasteiger partial charge on any atom is -0.497 e. The van der Waals surface area contributed by atoms with Crippen LogP contribution in [0.2, 0.25) is 10.0 Å². The summed E-state index contributed by atoms with van der Waals surface area (Å²) in [4.78, 5) is 23.7. The van der Waals surface area contributed by atoms with Crippen LogP contribution >= 0.6 is 23.2 Å². The molecule has 2 aromatic carbocycles. The Hall–Kier alpha value is -2.24. The molecule has 5 nitrogen and oxygen atoms in total. The van der Waals surface area contributed by atoms with Crippen molar-refractivity contribution < 1.29 is 14.3 Å². The lowest BCUT2D eigenvalue weighted by atomic mass is 10.2. The molecule has 2 aromatic rings. The summed E-state index contributed by atoms with van der Waals surface area (Å²) in [5.41, 5.74) is 1.12. The molecule has 0 saturated heterocycles. The Balaban J connectivity index is 1.92. The van der Waals surface area contributed by atoms with Crippen molar-refractivity contribution in [1.82, 2.24) is 5.32 Å². The Morgan fingerprint density at radius 3 is 2.39 bits per heavy atom. The van der Waals surface area contributed by atoms with E-state index in [0.29, 0.717) is 10.8 Å². The number of ether oxygens (including phenoxy) is 1. The normalized spacial score (nSPS) is 10.0.